The number of esters is 1. The van der Waals surface area contributed by atoms with E-state index in [9.17, 15) is 18.0 Å². The monoisotopic (exact) mass is 418 g/mol. The summed E-state index contributed by atoms with van der Waals surface area (Å²) in [7, 11) is -2.40. The summed E-state index contributed by atoms with van der Waals surface area (Å²) in [5.41, 5.74) is 0.550. The summed E-state index contributed by atoms with van der Waals surface area (Å²) in [6.07, 6.45) is 3.61. The van der Waals surface area contributed by atoms with Crippen molar-refractivity contribution in [3.8, 4) is 6.07 Å². The molecule has 0 atom stereocenters. The van der Waals surface area contributed by atoms with Crippen LogP contribution in [0.25, 0.3) is 0 Å². The smallest absolute Gasteiger partial charge is 0.338 e. The molecule has 1 fully saturated rings. The lowest BCUT2D eigenvalue weighted by Gasteiger charge is -2.29. The van der Waals surface area contributed by atoms with Crippen molar-refractivity contribution < 1.29 is 22.7 Å². The summed E-state index contributed by atoms with van der Waals surface area (Å²) >= 11 is 0. The van der Waals surface area contributed by atoms with Crippen LogP contribution in [0.2, 0.25) is 0 Å². The number of carbonyl (C=O) groups is 2. The van der Waals surface area contributed by atoms with Gasteiger partial charge in [0.25, 0.3) is 15.9 Å². The number of rotatable bonds is 5. The van der Waals surface area contributed by atoms with Crippen molar-refractivity contribution in [1.82, 2.24) is 4.90 Å². The van der Waals surface area contributed by atoms with Crippen LogP contribution in [-0.4, -0.2) is 57.8 Å². The maximum absolute atomic E-state index is 12.6. The Bertz CT molecular complexity index is 996. The summed E-state index contributed by atoms with van der Waals surface area (Å²) in [4.78, 5) is 27.4. The van der Waals surface area contributed by atoms with Crippen molar-refractivity contribution in [3.63, 3.8) is 0 Å². The standard InChI is InChI=1S/C19H22N4O5S/c1-22(10-5-9-20)18(24)13-28-19(25)14-7-8-15-16(12-14)29(26,27)21-17-6-3-2-4-11-23(15)17/h7-8,12H,2-6,10-11,13H2,1H3. The molecule has 0 radical (unpaired) electrons. The maximum atomic E-state index is 12.6. The molecule has 29 heavy (non-hydrogen) atoms. The second-order valence-electron chi connectivity index (χ2n) is 6.93. The molecule has 0 unspecified atom stereocenters. The molecule has 2 aliphatic heterocycles. The third-order valence-electron chi connectivity index (χ3n) is 4.89. The molecule has 2 aliphatic rings. The lowest BCUT2D eigenvalue weighted by atomic mass is 10.2. The number of nitrogens with zero attached hydrogens (tertiary/aromatic N) is 4. The Morgan fingerprint density at radius 2 is 2.10 bits per heavy atom. The molecule has 0 aromatic heterocycles. The summed E-state index contributed by atoms with van der Waals surface area (Å²) in [5.74, 6) is -0.704. The zero-order valence-electron chi connectivity index (χ0n) is 16.1. The molecule has 0 N–H and O–H groups in total. The summed E-state index contributed by atoms with van der Waals surface area (Å²) in [6, 6.07) is 6.27. The Labute approximate surface area is 169 Å². The normalized spacial score (nSPS) is 17.1. The van der Waals surface area contributed by atoms with E-state index in [1.165, 1.54) is 24.1 Å². The third-order valence-corrected chi connectivity index (χ3v) is 6.23. The van der Waals surface area contributed by atoms with Gasteiger partial charge in [-0.15, -0.1) is 4.40 Å². The van der Waals surface area contributed by atoms with E-state index in [4.69, 9.17) is 10.00 Å². The van der Waals surface area contributed by atoms with Crippen LogP contribution in [-0.2, 0) is 19.6 Å². The van der Waals surface area contributed by atoms with Crippen molar-refractivity contribution in [3.05, 3.63) is 23.8 Å². The zero-order valence-corrected chi connectivity index (χ0v) is 16.9. The number of anilines is 1. The van der Waals surface area contributed by atoms with Crippen LogP contribution in [0.5, 0.6) is 0 Å². The van der Waals surface area contributed by atoms with Gasteiger partial charge < -0.3 is 14.5 Å². The summed E-state index contributed by atoms with van der Waals surface area (Å²) in [5, 5.41) is 8.56. The quantitative estimate of drug-likeness (QED) is 0.667. The van der Waals surface area contributed by atoms with Gasteiger partial charge in [-0.1, -0.05) is 6.42 Å². The molecule has 0 bridgehead atoms. The molecule has 154 valence electrons. The number of amidine groups is 1. The van der Waals surface area contributed by atoms with Crippen LogP contribution < -0.4 is 4.90 Å². The predicted molar refractivity (Wildman–Crippen MR) is 105 cm³/mol. The first kappa shape index (κ1) is 20.8. The van der Waals surface area contributed by atoms with E-state index in [-0.39, 0.29) is 23.4 Å². The van der Waals surface area contributed by atoms with Gasteiger partial charge in [-0.25, -0.2) is 4.79 Å². The topological polar surface area (TPSA) is 120 Å². The molecule has 9 nitrogen and oxygen atoms in total. The highest BCUT2D eigenvalue weighted by atomic mass is 32.2. The van der Waals surface area contributed by atoms with Crippen LogP contribution >= 0.6 is 0 Å². The number of benzene rings is 1. The maximum Gasteiger partial charge on any atom is 0.338 e. The molecule has 0 aliphatic carbocycles. The highest BCUT2D eigenvalue weighted by Gasteiger charge is 2.32. The lowest BCUT2D eigenvalue weighted by Crippen LogP contribution is -2.35. The van der Waals surface area contributed by atoms with Crippen LogP contribution in [0.15, 0.2) is 27.5 Å². The van der Waals surface area contributed by atoms with Gasteiger partial charge in [-0.3, -0.25) is 4.79 Å². The average molecular weight is 418 g/mol. The molecule has 1 saturated heterocycles. The van der Waals surface area contributed by atoms with Gasteiger partial charge in [0.2, 0.25) is 0 Å². The van der Waals surface area contributed by atoms with Crippen molar-refractivity contribution in [2.45, 2.75) is 37.0 Å². The van der Waals surface area contributed by atoms with Crippen LogP contribution in [0, 0.1) is 11.3 Å². The van der Waals surface area contributed by atoms with E-state index in [1.807, 2.05) is 11.0 Å². The second-order valence-corrected chi connectivity index (χ2v) is 8.50. The highest BCUT2D eigenvalue weighted by Crippen LogP contribution is 2.35. The Kier molecular flexibility index (Phi) is 6.17. The minimum absolute atomic E-state index is 0.0323. The average Bonchev–Trinajstić information content (AvgIpc) is 2.94. The van der Waals surface area contributed by atoms with Gasteiger partial charge in [-0.05, 0) is 31.0 Å². The predicted octanol–water partition coefficient (Wildman–Crippen LogP) is 1.70. The number of hydrogen-bond donors (Lipinski definition) is 0. The van der Waals surface area contributed by atoms with E-state index in [2.05, 4.69) is 4.40 Å². The Morgan fingerprint density at radius 1 is 1.31 bits per heavy atom. The third kappa shape index (κ3) is 4.56. The summed E-state index contributed by atoms with van der Waals surface area (Å²) < 4.78 is 34.2. The van der Waals surface area contributed by atoms with Gasteiger partial charge in [0.15, 0.2) is 6.61 Å². The molecule has 1 aromatic rings. The molecule has 0 spiro atoms. The first-order valence-electron chi connectivity index (χ1n) is 9.37. The second kappa shape index (κ2) is 8.61. The van der Waals surface area contributed by atoms with E-state index >= 15 is 0 Å². The summed E-state index contributed by atoms with van der Waals surface area (Å²) in [6.45, 7) is 0.424. The van der Waals surface area contributed by atoms with Gasteiger partial charge in [0.1, 0.15) is 10.7 Å². The van der Waals surface area contributed by atoms with Crippen LogP contribution in [0.1, 0.15) is 42.5 Å². The van der Waals surface area contributed by atoms with E-state index in [0.717, 1.165) is 19.3 Å². The van der Waals surface area contributed by atoms with Crippen molar-refractivity contribution in [1.29, 1.82) is 5.26 Å². The molecular formula is C19H22N4O5S. The van der Waals surface area contributed by atoms with Crippen molar-refractivity contribution >= 4 is 33.4 Å². The van der Waals surface area contributed by atoms with Crippen molar-refractivity contribution in [2.24, 2.45) is 4.40 Å². The number of amides is 1. The number of nitriles is 1. The Hall–Kier alpha value is -2.93. The molecule has 2 heterocycles. The highest BCUT2D eigenvalue weighted by molar-refractivity contribution is 7.90. The number of sulfonamides is 1. The molecule has 1 aromatic carbocycles. The fourth-order valence-corrected chi connectivity index (χ4v) is 4.55. The fourth-order valence-electron chi connectivity index (χ4n) is 3.27. The number of hydrogen-bond acceptors (Lipinski definition) is 7. The van der Waals surface area contributed by atoms with E-state index < -0.39 is 28.5 Å². The number of fused-ring (bicyclic) bond motifs is 3. The molecule has 1 amide bonds. The first-order valence-corrected chi connectivity index (χ1v) is 10.8. The minimum Gasteiger partial charge on any atom is -0.452 e. The van der Waals surface area contributed by atoms with Crippen LogP contribution in [0.4, 0.5) is 5.69 Å². The van der Waals surface area contributed by atoms with Gasteiger partial charge in [0.05, 0.1) is 23.7 Å². The number of likely N-dealkylation sites (N-methyl/N-ethyl adjacent to an activating group) is 1. The van der Waals surface area contributed by atoms with E-state index in [1.54, 1.807) is 6.07 Å². The Balaban J connectivity index is 1.77. The number of carbonyl (C=O) groups excluding carboxylic acids is 2. The van der Waals surface area contributed by atoms with Crippen LogP contribution in [0.3, 0.4) is 0 Å². The van der Waals surface area contributed by atoms with E-state index in [0.29, 0.717) is 24.5 Å². The molecular weight excluding hydrogens is 396 g/mol. The molecule has 0 saturated carbocycles. The number of ether oxygens (including phenoxy) is 1. The molecule has 10 heteroatoms. The van der Waals surface area contributed by atoms with Gasteiger partial charge in [0, 0.05) is 26.6 Å². The Morgan fingerprint density at radius 3 is 2.86 bits per heavy atom. The first-order chi connectivity index (χ1) is 13.8. The van der Waals surface area contributed by atoms with Crippen molar-refractivity contribution in [2.75, 3.05) is 31.6 Å². The lowest BCUT2D eigenvalue weighted by molar-refractivity contribution is -0.133. The fraction of sp³-hybridized carbons (Fsp3) is 0.474. The zero-order chi connectivity index (χ0) is 21.0. The molecule has 3 rings (SSSR count). The van der Waals surface area contributed by atoms with Gasteiger partial charge in [-0.2, -0.15) is 13.7 Å². The minimum atomic E-state index is -3.91. The van der Waals surface area contributed by atoms with Gasteiger partial charge >= 0.3 is 5.97 Å². The largest absolute Gasteiger partial charge is 0.452 e. The SMILES string of the molecule is CN(CCC#N)C(=O)COC(=O)c1ccc2c(c1)S(=O)(=O)N=C1CCCCCN12.